The number of nitrogens with zero attached hydrogens (tertiary/aromatic N) is 4. The Bertz CT molecular complexity index is 827. The van der Waals surface area contributed by atoms with Crippen molar-refractivity contribution in [2.75, 3.05) is 44.2 Å². The van der Waals surface area contributed by atoms with Gasteiger partial charge in [0, 0.05) is 38.9 Å². The first-order valence-electron chi connectivity index (χ1n) is 10.0. The van der Waals surface area contributed by atoms with Crippen LogP contribution in [0.1, 0.15) is 36.3 Å². The van der Waals surface area contributed by atoms with Crippen molar-refractivity contribution in [3.05, 3.63) is 53.3 Å². The molecule has 0 aliphatic carbocycles. The fourth-order valence-corrected chi connectivity index (χ4v) is 3.43. The normalized spacial score (nSPS) is 15.7. The number of aliphatic hydroxyl groups is 2. The summed E-state index contributed by atoms with van der Waals surface area (Å²) in [5.41, 5.74) is 2.89. The van der Waals surface area contributed by atoms with Crippen LogP contribution >= 0.6 is 0 Å². The van der Waals surface area contributed by atoms with Gasteiger partial charge in [-0.15, -0.1) is 0 Å². The Kier molecular flexibility index (Phi) is 7.42. The van der Waals surface area contributed by atoms with Gasteiger partial charge >= 0.3 is 0 Å². The lowest BCUT2D eigenvalue weighted by Crippen LogP contribution is -2.47. The number of anilines is 1. The smallest absolute Gasteiger partial charge is 0.120 e. The second kappa shape index (κ2) is 10.2. The zero-order chi connectivity index (χ0) is 20.6. The van der Waals surface area contributed by atoms with Crippen LogP contribution < -0.4 is 9.64 Å². The molecule has 2 heterocycles. The lowest BCUT2D eigenvalue weighted by molar-refractivity contribution is 0.106. The molecular formula is C22H28N4O3. The SMILES string of the molecule is CCCOc1ccc(N2CCN(CC(O)c3ccc(CO)cn3)CC2)c(C#N)c1. The molecule has 29 heavy (non-hydrogen) atoms. The second-order valence-corrected chi connectivity index (χ2v) is 7.19. The number of piperazine rings is 1. The van der Waals surface area contributed by atoms with Crippen molar-refractivity contribution in [3.63, 3.8) is 0 Å². The first-order chi connectivity index (χ1) is 14.1. The van der Waals surface area contributed by atoms with E-state index in [4.69, 9.17) is 9.84 Å². The zero-order valence-electron chi connectivity index (χ0n) is 16.8. The molecule has 0 bridgehead atoms. The Labute approximate surface area is 171 Å². The van der Waals surface area contributed by atoms with E-state index in [9.17, 15) is 10.4 Å². The summed E-state index contributed by atoms with van der Waals surface area (Å²) < 4.78 is 5.63. The van der Waals surface area contributed by atoms with E-state index in [2.05, 4.69) is 27.8 Å². The molecule has 1 aromatic carbocycles. The predicted molar refractivity (Wildman–Crippen MR) is 111 cm³/mol. The minimum absolute atomic E-state index is 0.0538. The molecule has 2 aromatic rings. The summed E-state index contributed by atoms with van der Waals surface area (Å²) in [6, 6.07) is 11.5. The van der Waals surface area contributed by atoms with Gasteiger partial charge in [-0.05, 0) is 36.2 Å². The maximum Gasteiger partial charge on any atom is 0.120 e. The third kappa shape index (κ3) is 5.45. The van der Waals surface area contributed by atoms with Crippen molar-refractivity contribution >= 4 is 5.69 Å². The third-order valence-corrected chi connectivity index (χ3v) is 5.08. The number of hydrogen-bond donors (Lipinski definition) is 2. The number of aromatic nitrogens is 1. The van der Waals surface area contributed by atoms with E-state index in [1.54, 1.807) is 18.3 Å². The highest BCUT2D eigenvalue weighted by molar-refractivity contribution is 5.62. The summed E-state index contributed by atoms with van der Waals surface area (Å²) in [4.78, 5) is 8.64. The van der Waals surface area contributed by atoms with E-state index in [0.29, 0.717) is 24.4 Å². The van der Waals surface area contributed by atoms with Gasteiger partial charge in [0.2, 0.25) is 0 Å². The molecule has 0 amide bonds. The first kappa shape index (κ1) is 21.1. The van der Waals surface area contributed by atoms with E-state index >= 15 is 0 Å². The maximum absolute atomic E-state index is 10.5. The molecule has 1 saturated heterocycles. The molecule has 1 aromatic heterocycles. The molecule has 1 unspecified atom stereocenters. The lowest BCUT2D eigenvalue weighted by Gasteiger charge is -2.37. The average Bonchev–Trinajstić information content (AvgIpc) is 2.78. The van der Waals surface area contributed by atoms with Crippen molar-refractivity contribution < 1.29 is 14.9 Å². The molecular weight excluding hydrogens is 368 g/mol. The molecule has 1 aliphatic heterocycles. The molecule has 154 valence electrons. The van der Waals surface area contributed by atoms with Crippen molar-refractivity contribution in [1.29, 1.82) is 5.26 Å². The van der Waals surface area contributed by atoms with Gasteiger partial charge in [0.1, 0.15) is 17.9 Å². The van der Waals surface area contributed by atoms with Crippen LogP contribution in [0.5, 0.6) is 5.75 Å². The van der Waals surface area contributed by atoms with Crippen LogP contribution in [0.15, 0.2) is 36.5 Å². The Morgan fingerprint density at radius 2 is 2.00 bits per heavy atom. The monoisotopic (exact) mass is 396 g/mol. The highest BCUT2D eigenvalue weighted by atomic mass is 16.5. The number of rotatable bonds is 8. The Hall–Kier alpha value is -2.66. The van der Waals surface area contributed by atoms with E-state index in [0.717, 1.165) is 49.6 Å². The molecule has 3 rings (SSSR count). The molecule has 2 N–H and O–H groups in total. The summed E-state index contributed by atoms with van der Waals surface area (Å²) in [7, 11) is 0. The quantitative estimate of drug-likeness (QED) is 0.706. The molecule has 0 radical (unpaired) electrons. The molecule has 7 heteroatoms. The highest BCUT2D eigenvalue weighted by Gasteiger charge is 2.22. The number of nitriles is 1. The lowest BCUT2D eigenvalue weighted by atomic mass is 10.1. The zero-order valence-corrected chi connectivity index (χ0v) is 16.8. The number of hydrogen-bond acceptors (Lipinski definition) is 7. The summed E-state index contributed by atoms with van der Waals surface area (Å²) in [6.45, 7) is 6.31. The summed E-state index contributed by atoms with van der Waals surface area (Å²) in [5.74, 6) is 0.730. The van der Waals surface area contributed by atoms with Gasteiger partial charge in [-0.25, -0.2) is 0 Å². The van der Waals surface area contributed by atoms with Crippen LogP contribution in [0.25, 0.3) is 0 Å². The number of benzene rings is 1. The first-order valence-corrected chi connectivity index (χ1v) is 10.0. The Balaban J connectivity index is 1.56. The number of ether oxygens (including phenoxy) is 1. The van der Waals surface area contributed by atoms with Crippen molar-refractivity contribution in [3.8, 4) is 11.8 Å². The van der Waals surface area contributed by atoms with Crippen molar-refractivity contribution in [1.82, 2.24) is 9.88 Å². The fourth-order valence-electron chi connectivity index (χ4n) is 3.43. The highest BCUT2D eigenvalue weighted by Crippen LogP contribution is 2.26. The summed E-state index contributed by atoms with van der Waals surface area (Å²) in [5, 5.41) is 29.1. The van der Waals surface area contributed by atoms with Gasteiger partial charge in [-0.2, -0.15) is 5.26 Å². The molecule has 0 saturated carbocycles. The van der Waals surface area contributed by atoms with E-state index < -0.39 is 6.10 Å². The van der Waals surface area contributed by atoms with Crippen LogP contribution in [0.3, 0.4) is 0 Å². The number of β-amino-alcohol motifs (C(OH)–C–C–N with tert-alkyl or cyclic N) is 1. The topological polar surface area (TPSA) is 92.8 Å². The van der Waals surface area contributed by atoms with Gasteiger partial charge in [0.15, 0.2) is 0 Å². The van der Waals surface area contributed by atoms with E-state index in [1.165, 1.54) is 0 Å². The average molecular weight is 396 g/mol. The minimum atomic E-state index is -0.668. The van der Waals surface area contributed by atoms with Gasteiger partial charge in [0.25, 0.3) is 0 Å². The molecule has 7 nitrogen and oxygen atoms in total. The van der Waals surface area contributed by atoms with Gasteiger partial charge in [-0.1, -0.05) is 13.0 Å². The van der Waals surface area contributed by atoms with Crippen molar-refractivity contribution in [2.45, 2.75) is 26.1 Å². The predicted octanol–water partition coefficient (Wildman–Crippen LogP) is 2.09. The minimum Gasteiger partial charge on any atom is -0.494 e. The molecule has 1 atom stereocenters. The maximum atomic E-state index is 10.5. The van der Waals surface area contributed by atoms with Gasteiger partial charge < -0.3 is 19.8 Å². The standard InChI is InChI=1S/C22H28N4O3/c1-2-11-29-19-4-6-21(18(12-19)13-23)26-9-7-25(8-10-26)15-22(28)20-5-3-17(16-27)14-24-20/h3-6,12,14,22,27-28H,2,7-11,15-16H2,1H3. The summed E-state index contributed by atoms with van der Waals surface area (Å²) in [6.07, 6.45) is 1.85. The number of aliphatic hydroxyl groups excluding tert-OH is 2. The summed E-state index contributed by atoms with van der Waals surface area (Å²) >= 11 is 0. The molecule has 1 fully saturated rings. The Morgan fingerprint density at radius 1 is 1.21 bits per heavy atom. The van der Waals surface area contributed by atoms with Crippen LogP contribution in [0, 0.1) is 11.3 Å². The van der Waals surface area contributed by atoms with Crippen LogP contribution in [0.2, 0.25) is 0 Å². The van der Waals surface area contributed by atoms with Gasteiger partial charge in [-0.3, -0.25) is 9.88 Å². The van der Waals surface area contributed by atoms with E-state index in [-0.39, 0.29) is 6.61 Å². The third-order valence-electron chi connectivity index (χ3n) is 5.08. The largest absolute Gasteiger partial charge is 0.494 e. The fraction of sp³-hybridized carbons (Fsp3) is 0.455. The van der Waals surface area contributed by atoms with Crippen LogP contribution in [0.4, 0.5) is 5.69 Å². The van der Waals surface area contributed by atoms with Crippen LogP contribution in [-0.2, 0) is 6.61 Å². The van der Waals surface area contributed by atoms with Crippen LogP contribution in [-0.4, -0.2) is 59.4 Å². The number of pyridine rings is 1. The second-order valence-electron chi connectivity index (χ2n) is 7.19. The van der Waals surface area contributed by atoms with Gasteiger partial charge in [0.05, 0.1) is 30.2 Å². The molecule has 1 aliphatic rings. The van der Waals surface area contributed by atoms with E-state index in [1.807, 2.05) is 18.2 Å². The Morgan fingerprint density at radius 3 is 2.62 bits per heavy atom. The molecule has 0 spiro atoms. The van der Waals surface area contributed by atoms with Crippen molar-refractivity contribution in [2.24, 2.45) is 0 Å².